The Bertz CT molecular complexity index is 1270. The van der Waals surface area contributed by atoms with Gasteiger partial charge in [-0.15, -0.1) is 11.3 Å². The van der Waals surface area contributed by atoms with Gasteiger partial charge in [-0.25, -0.2) is 4.98 Å². The number of aliphatic hydroxyl groups is 1. The topological polar surface area (TPSA) is 81.1 Å². The Morgan fingerprint density at radius 2 is 1.83 bits per heavy atom. The molecule has 2 aromatic heterocycles. The van der Waals surface area contributed by atoms with E-state index in [0.29, 0.717) is 24.8 Å². The number of benzene rings is 2. The molecule has 0 bridgehead atoms. The molecule has 0 radical (unpaired) electrons. The smallest absolute Gasteiger partial charge is 0.262 e. The third-order valence-corrected chi connectivity index (χ3v) is 7.15. The summed E-state index contributed by atoms with van der Waals surface area (Å²) in [4.78, 5) is 19.5. The minimum Gasteiger partial charge on any atom is -0.393 e. The molecule has 30 heavy (non-hydrogen) atoms. The van der Waals surface area contributed by atoms with Gasteiger partial charge in [-0.2, -0.15) is 0 Å². The molecule has 0 saturated heterocycles. The lowest BCUT2D eigenvalue weighted by Crippen LogP contribution is -2.51. The van der Waals surface area contributed by atoms with Crippen LogP contribution in [0.3, 0.4) is 0 Å². The van der Waals surface area contributed by atoms with Crippen LogP contribution in [0.4, 0.5) is 0 Å². The van der Waals surface area contributed by atoms with Gasteiger partial charge in [0.1, 0.15) is 4.83 Å². The Morgan fingerprint density at radius 3 is 2.47 bits per heavy atom. The molecule has 0 aliphatic heterocycles. The Morgan fingerprint density at radius 1 is 1.13 bits per heavy atom. The van der Waals surface area contributed by atoms with Crippen LogP contribution in [0.15, 0.2) is 65.7 Å². The monoisotopic (exact) mass is 417 g/mol. The zero-order valence-corrected chi connectivity index (χ0v) is 17.5. The summed E-state index contributed by atoms with van der Waals surface area (Å²) in [6.45, 7) is 2.53. The molecular weight excluding hydrogens is 394 g/mol. The predicted molar refractivity (Wildman–Crippen MR) is 122 cm³/mol. The fraction of sp³-hybridized carbons (Fsp3) is 0.250. The number of hydrogen-bond donors (Lipinski definition) is 2. The Balaban J connectivity index is 1.69. The highest BCUT2D eigenvalue weighted by molar-refractivity contribution is 7.22. The number of aryl methyl sites for hydroxylation is 1. The largest absolute Gasteiger partial charge is 0.393 e. The van der Waals surface area contributed by atoms with E-state index in [1.807, 2.05) is 49.4 Å². The quantitative estimate of drug-likeness (QED) is 0.523. The van der Waals surface area contributed by atoms with E-state index in [9.17, 15) is 9.90 Å². The normalized spacial score (nSPS) is 21.0. The standard InChI is InChI=1S/C24H23N3O2S/c1-2-27-14-26-22-20(23(27)29)19(15-6-4-3-5-7-15)21(30-22)16-8-10-17(11-9-16)24(25)12-18(28)13-24/h3-11,14,18,28H,2,12-13,25H2,1H3/t18-,24-. The van der Waals surface area contributed by atoms with Gasteiger partial charge in [0.15, 0.2) is 0 Å². The molecule has 152 valence electrons. The van der Waals surface area contributed by atoms with Crippen LogP contribution in [0.5, 0.6) is 0 Å². The maximum Gasteiger partial charge on any atom is 0.262 e. The molecule has 2 aromatic carbocycles. The van der Waals surface area contributed by atoms with Crippen LogP contribution in [0.25, 0.3) is 31.8 Å². The van der Waals surface area contributed by atoms with E-state index < -0.39 is 5.54 Å². The molecule has 2 heterocycles. The van der Waals surface area contributed by atoms with Crippen molar-refractivity contribution in [3.63, 3.8) is 0 Å². The van der Waals surface area contributed by atoms with E-state index in [1.54, 1.807) is 22.2 Å². The molecule has 0 amide bonds. The fourth-order valence-corrected chi connectivity index (χ4v) is 5.47. The van der Waals surface area contributed by atoms with Gasteiger partial charge < -0.3 is 10.8 Å². The number of hydrogen-bond acceptors (Lipinski definition) is 5. The lowest BCUT2D eigenvalue weighted by Gasteiger charge is -2.42. The molecule has 6 heteroatoms. The van der Waals surface area contributed by atoms with E-state index in [4.69, 9.17) is 5.73 Å². The van der Waals surface area contributed by atoms with Crippen LogP contribution in [-0.4, -0.2) is 20.8 Å². The molecule has 1 aliphatic carbocycles. The minimum absolute atomic E-state index is 0.00941. The van der Waals surface area contributed by atoms with Crippen LogP contribution < -0.4 is 11.3 Å². The first-order valence-corrected chi connectivity index (χ1v) is 11.0. The van der Waals surface area contributed by atoms with Crippen molar-refractivity contribution < 1.29 is 5.11 Å². The van der Waals surface area contributed by atoms with Gasteiger partial charge >= 0.3 is 0 Å². The first-order chi connectivity index (χ1) is 14.5. The lowest BCUT2D eigenvalue weighted by molar-refractivity contribution is 0.0209. The molecule has 1 fully saturated rings. The zero-order valence-electron chi connectivity index (χ0n) is 16.7. The second-order valence-corrected chi connectivity index (χ2v) is 8.98. The van der Waals surface area contributed by atoms with Crippen molar-refractivity contribution in [2.75, 3.05) is 0 Å². The third-order valence-electron chi connectivity index (χ3n) is 6.00. The molecule has 1 aliphatic rings. The highest BCUT2D eigenvalue weighted by Crippen LogP contribution is 2.44. The van der Waals surface area contributed by atoms with Gasteiger partial charge in [-0.05, 0) is 36.5 Å². The number of nitrogens with two attached hydrogens (primary N) is 1. The number of aromatic nitrogens is 2. The first-order valence-electron chi connectivity index (χ1n) is 10.2. The van der Waals surface area contributed by atoms with E-state index in [1.165, 1.54) is 0 Å². The summed E-state index contributed by atoms with van der Waals surface area (Å²) in [5.41, 5.74) is 9.98. The van der Waals surface area contributed by atoms with Crippen molar-refractivity contribution >= 4 is 21.6 Å². The fourth-order valence-electron chi connectivity index (χ4n) is 4.31. The van der Waals surface area contributed by atoms with Crippen LogP contribution in [0.2, 0.25) is 0 Å². The highest BCUT2D eigenvalue weighted by atomic mass is 32.1. The van der Waals surface area contributed by atoms with E-state index in [-0.39, 0.29) is 11.7 Å². The summed E-state index contributed by atoms with van der Waals surface area (Å²) in [6, 6.07) is 18.2. The maximum atomic E-state index is 13.2. The number of nitrogens with zero attached hydrogens (tertiary/aromatic N) is 2. The Hall–Kier alpha value is -2.80. The van der Waals surface area contributed by atoms with Gasteiger partial charge in [0.2, 0.25) is 0 Å². The van der Waals surface area contributed by atoms with E-state index >= 15 is 0 Å². The van der Waals surface area contributed by atoms with Gasteiger partial charge in [0, 0.05) is 22.5 Å². The second kappa shape index (κ2) is 7.16. The van der Waals surface area contributed by atoms with Gasteiger partial charge in [-0.1, -0.05) is 54.6 Å². The summed E-state index contributed by atoms with van der Waals surface area (Å²) in [5.74, 6) is 0. The molecule has 1 saturated carbocycles. The van der Waals surface area contributed by atoms with Crippen LogP contribution in [0, 0.1) is 0 Å². The Labute approximate surface area is 178 Å². The van der Waals surface area contributed by atoms with Gasteiger partial charge in [0.25, 0.3) is 5.56 Å². The maximum absolute atomic E-state index is 13.2. The SMILES string of the molecule is CCn1cnc2sc(-c3ccc([C@]4(N)C[C@H](O)C4)cc3)c(-c3ccccc3)c2c1=O. The van der Waals surface area contributed by atoms with Crippen LogP contribution >= 0.6 is 11.3 Å². The van der Waals surface area contributed by atoms with Crippen molar-refractivity contribution in [2.45, 2.75) is 38.0 Å². The van der Waals surface area contributed by atoms with Crippen molar-refractivity contribution in [2.24, 2.45) is 5.73 Å². The molecule has 4 aromatic rings. The molecule has 3 N–H and O–H groups in total. The zero-order chi connectivity index (χ0) is 20.9. The van der Waals surface area contributed by atoms with Gasteiger partial charge in [0.05, 0.1) is 17.8 Å². The summed E-state index contributed by atoms with van der Waals surface area (Å²) in [5, 5.41) is 10.3. The number of fused-ring (bicyclic) bond motifs is 1. The van der Waals surface area contributed by atoms with Crippen molar-refractivity contribution in [3.05, 3.63) is 76.8 Å². The molecular formula is C24H23N3O2S. The summed E-state index contributed by atoms with van der Waals surface area (Å²) >= 11 is 1.54. The predicted octanol–water partition coefficient (Wildman–Crippen LogP) is 4.12. The number of aliphatic hydroxyl groups excluding tert-OH is 1. The summed E-state index contributed by atoms with van der Waals surface area (Å²) in [7, 11) is 0. The average Bonchev–Trinajstić information content (AvgIpc) is 3.14. The first kappa shape index (κ1) is 19.2. The average molecular weight is 418 g/mol. The van der Waals surface area contributed by atoms with E-state index in [2.05, 4.69) is 17.1 Å². The molecule has 5 nitrogen and oxygen atoms in total. The number of thiophene rings is 1. The van der Waals surface area contributed by atoms with Crippen LogP contribution in [0.1, 0.15) is 25.3 Å². The molecule has 0 atom stereocenters. The summed E-state index contributed by atoms with van der Waals surface area (Å²) < 4.78 is 1.65. The Kier molecular flexibility index (Phi) is 4.58. The van der Waals surface area contributed by atoms with Crippen molar-refractivity contribution in [3.8, 4) is 21.6 Å². The summed E-state index contributed by atoms with van der Waals surface area (Å²) in [6.07, 6.45) is 2.49. The van der Waals surface area contributed by atoms with Gasteiger partial charge in [-0.3, -0.25) is 9.36 Å². The lowest BCUT2D eigenvalue weighted by atomic mass is 9.70. The second-order valence-electron chi connectivity index (χ2n) is 7.98. The third kappa shape index (κ3) is 2.99. The molecule has 5 rings (SSSR count). The molecule has 0 spiro atoms. The number of rotatable bonds is 4. The van der Waals surface area contributed by atoms with Crippen LogP contribution in [-0.2, 0) is 12.1 Å². The molecule has 0 unspecified atom stereocenters. The van der Waals surface area contributed by atoms with E-state index in [0.717, 1.165) is 32.0 Å². The van der Waals surface area contributed by atoms with Crippen molar-refractivity contribution in [1.82, 2.24) is 9.55 Å². The van der Waals surface area contributed by atoms with Crippen molar-refractivity contribution in [1.29, 1.82) is 0 Å². The highest BCUT2D eigenvalue weighted by Gasteiger charge is 2.41. The minimum atomic E-state index is -0.448.